The zero-order valence-corrected chi connectivity index (χ0v) is 11.6. The molecule has 0 fully saturated rings. The second-order valence-corrected chi connectivity index (χ2v) is 5.83. The zero-order chi connectivity index (χ0) is 12.0. The highest BCUT2D eigenvalue weighted by Gasteiger charge is 2.08. The van der Waals surface area contributed by atoms with Crippen molar-refractivity contribution in [2.24, 2.45) is 5.92 Å². The molecule has 0 saturated heterocycles. The minimum absolute atomic E-state index is 0.617. The lowest BCUT2D eigenvalue weighted by atomic mass is 10.1. The summed E-state index contributed by atoms with van der Waals surface area (Å²) in [6, 6.07) is 9.40. The summed E-state index contributed by atoms with van der Waals surface area (Å²) >= 11 is 1.94. The standard InChI is InChI=1S/C14H23NS/c1-11(2)9-13(15-4)10-16-14-7-5-12(3)6-8-14/h5-8,11,13,15H,9-10H2,1-4H3. The van der Waals surface area contributed by atoms with Crippen molar-refractivity contribution < 1.29 is 0 Å². The lowest BCUT2D eigenvalue weighted by Crippen LogP contribution is -2.29. The molecule has 0 aliphatic rings. The molecule has 1 aromatic rings. The maximum Gasteiger partial charge on any atom is 0.0161 e. The molecule has 0 aromatic heterocycles. The number of rotatable bonds is 6. The highest BCUT2D eigenvalue weighted by Crippen LogP contribution is 2.20. The second-order valence-electron chi connectivity index (χ2n) is 4.74. The first-order valence-corrected chi connectivity index (χ1v) is 6.97. The average Bonchev–Trinajstić information content (AvgIpc) is 2.26. The van der Waals surface area contributed by atoms with Crippen LogP contribution in [-0.2, 0) is 0 Å². The van der Waals surface area contributed by atoms with Crippen LogP contribution in [0.5, 0.6) is 0 Å². The first kappa shape index (κ1) is 13.6. The fraction of sp³-hybridized carbons (Fsp3) is 0.571. The van der Waals surface area contributed by atoms with Gasteiger partial charge in [0.15, 0.2) is 0 Å². The van der Waals surface area contributed by atoms with Crippen LogP contribution in [0.1, 0.15) is 25.8 Å². The molecule has 0 bridgehead atoms. The summed E-state index contributed by atoms with van der Waals surface area (Å²) in [5.41, 5.74) is 1.33. The Morgan fingerprint density at radius 3 is 2.31 bits per heavy atom. The minimum atomic E-state index is 0.617. The first-order chi connectivity index (χ1) is 7.61. The Balaban J connectivity index is 2.40. The van der Waals surface area contributed by atoms with Gasteiger partial charge in [-0.25, -0.2) is 0 Å². The summed E-state index contributed by atoms with van der Waals surface area (Å²) in [6.07, 6.45) is 1.25. The van der Waals surface area contributed by atoms with E-state index < -0.39 is 0 Å². The minimum Gasteiger partial charge on any atom is -0.316 e. The summed E-state index contributed by atoms with van der Waals surface area (Å²) < 4.78 is 0. The fourth-order valence-corrected chi connectivity index (χ4v) is 2.69. The summed E-state index contributed by atoms with van der Waals surface area (Å²) in [4.78, 5) is 1.37. The van der Waals surface area contributed by atoms with Gasteiger partial charge in [-0.2, -0.15) is 0 Å². The maximum absolute atomic E-state index is 3.39. The molecule has 0 heterocycles. The van der Waals surface area contributed by atoms with Crippen LogP contribution in [0.2, 0.25) is 0 Å². The third-order valence-corrected chi connectivity index (χ3v) is 3.81. The predicted molar refractivity (Wildman–Crippen MR) is 74.2 cm³/mol. The van der Waals surface area contributed by atoms with E-state index in [2.05, 4.69) is 57.4 Å². The number of aryl methyl sites for hydroxylation is 1. The number of benzene rings is 1. The lowest BCUT2D eigenvalue weighted by Gasteiger charge is -2.17. The smallest absolute Gasteiger partial charge is 0.0161 e. The van der Waals surface area contributed by atoms with Crippen LogP contribution in [0.25, 0.3) is 0 Å². The van der Waals surface area contributed by atoms with Crippen LogP contribution < -0.4 is 5.32 Å². The van der Waals surface area contributed by atoms with Crippen LogP contribution in [-0.4, -0.2) is 18.8 Å². The molecular formula is C14H23NS. The van der Waals surface area contributed by atoms with E-state index in [-0.39, 0.29) is 0 Å². The van der Waals surface area contributed by atoms with Crippen LogP contribution in [0, 0.1) is 12.8 Å². The Morgan fingerprint density at radius 1 is 1.19 bits per heavy atom. The molecule has 2 heteroatoms. The molecule has 1 aromatic carbocycles. The molecular weight excluding hydrogens is 214 g/mol. The Bertz CT molecular complexity index is 292. The lowest BCUT2D eigenvalue weighted by molar-refractivity contribution is 0.474. The van der Waals surface area contributed by atoms with Gasteiger partial charge in [0.05, 0.1) is 0 Å². The SMILES string of the molecule is CNC(CSc1ccc(C)cc1)CC(C)C. The number of thioether (sulfide) groups is 1. The van der Waals surface area contributed by atoms with E-state index in [0.29, 0.717) is 6.04 Å². The largest absolute Gasteiger partial charge is 0.316 e. The molecule has 0 amide bonds. The van der Waals surface area contributed by atoms with Gasteiger partial charge in [-0.3, -0.25) is 0 Å². The number of nitrogens with one attached hydrogen (secondary N) is 1. The molecule has 0 saturated carbocycles. The highest BCUT2D eigenvalue weighted by atomic mass is 32.2. The van der Waals surface area contributed by atoms with Crippen molar-refractivity contribution in [3.8, 4) is 0 Å². The maximum atomic E-state index is 3.39. The quantitative estimate of drug-likeness (QED) is 0.757. The van der Waals surface area contributed by atoms with Gasteiger partial charge in [-0.15, -0.1) is 11.8 Å². The van der Waals surface area contributed by atoms with Gasteiger partial charge >= 0.3 is 0 Å². The molecule has 0 aliphatic carbocycles. The topological polar surface area (TPSA) is 12.0 Å². The molecule has 1 unspecified atom stereocenters. The van der Waals surface area contributed by atoms with Gasteiger partial charge in [0, 0.05) is 16.7 Å². The van der Waals surface area contributed by atoms with E-state index >= 15 is 0 Å². The molecule has 16 heavy (non-hydrogen) atoms. The van der Waals surface area contributed by atoms with E-state index in [1.54, 1.807) is 0 Å². The number of hydrogen-bond acceptors (Lipinski definition) is 2. The summed E-state index contributed by atoms with van der Waals surface area (Å²) in [6.45, 7) is 6.69. The summed E-state index contributed by atoms with van der Waals surface area (Å²) in [7, 11) is 2.06. The molecule has 1 rings (SSSR count). The van der Waals surface area contributed by atoms with E-state index in [9.17, 15) is 0 Å². The van der Waals surface area contributed by atoms with Crippen molar-refractivity contribution in [3.05, 3.63) is 29.8 Å². The molecule has 1 nitrogen and oxygen atoms in total. The van der Waals surface area contributed by atoms with Crippen LogP contribution in [0.3, 0.4) is 0 Å². The monoisotopic (exact) mass is 237 g/mol. The molecule has 0 radical (unpaired) electrons. The summed E-state index contributed by atoms with van der Waals surface area (Å²) in [5.74, 6) is 1.91. The Labute approximate surface area is 104 Å². The molecule has 1 N–H and O–H groups in total. The number of hydrogen-bond donors (Lipinski definition) is 1. The third-order valence-electron chi connectivity index (χ3n) is 2.64. The van der Waals surface area contributed by atoms with Gasteiger partial charge < -0.3 is 5.32 Å². The highest BCUT2D eigenvalue weighted by molar-refractivity contribution is 7.99. The van der Waals surface area contributed by atoms with Gasteiger partial charge in [-0.1, -0.05) is 31.5 Å². The Morgan fingerprint density at radius 2 is 1.81 bits per heavy atom. The molecule has 90 valence electrons. The third kappa shape index (κ3) is 5.04. The zero-order valence-electron chi connectivity index (χ0n) is 10.8. The predicted octanol–water partition coefficient (Wildman–Crippen LogP) is 3.72. The van der Waals surface area contributed by atoms with Crippen molar-refractivity contribution in [2.45, 2.75) is 38.1 Å². The molecule has 1 atom stereocenters. The average molecular weight is 237 g/mol. The molecule has 0 spiro atoms. The fourth-order valence-electron chi connectivity index (χ4n) is 1.67. The van der Waals surface area contributed by atoms with Crippen molar-refractivity contribution in [1.82, 2.24) is 5.32 Å². The molecule has 0 aliphatic heterocycles. The van der Waals surface area contributed by atoms with E-state index in [1.165, 1.54) is 16.9 Å². The second kappa shape index (κ2) is 6.97. The normalized spacial score (nSPS) is 13.1. The van der Waals surface area contributed by atoms with Crippen molar-refractivity contribution >= 4 is 11.8 Å². The Kier molecular flexibility index (Phi) is 5.93. The van der Waals surface area contributed by atoms with Gasteiger partial charge in [-0.05, 0) is 38.4 Å². The van der Waals surface area contributed by atoms with Crippen LogP contribution in [0.4, 0.5) is 0 Å². The van der Waals surface area contributed by atoms with E-state index in [4.69, 9.17) is 0 Å². The van der Waals surface area contributed by atoms with E-state index in [1.807, 2.05) is 11.8 Å². The Hall–Kier alpha value is -0.470. The summed E-state index contributed by atoms with van der Waals surface area (Å²) in [5, 5.41) is 3.39. The van der Waals surface area contributed by atoms with Crippen molar-refractivity contribution in [1.29, 1.82) is 0 Å². The van der Waals surface area contributed by atoms with Gasteiger partial charge in [0.2, 0.25) is 0 Å². The van der Waals surface area contributed by atoms with Crippen molar-refractivity contribution in [3.63, 3.8) is 0 Å². The van der Waals surface area contributed by atoms with Crippen LogP contribution >= 0.6 is 11.8 Å². The van der Waals surface area contributed by atoms with Crippen molar-refractivity contribution in [2.75, 3.05) is 12.8 Å². The van der Waals surface area contributed by atoms with E-state index in [0.717, 1.165) is 11.7 Å². The van der Waals surface area contributed by atoms with Gasteiger partial charge in [0.25, 0.3) is 0 Å². The first-order valence-electron chi connectivity index (χ1n) is 5.98. The van der Waals surface area contributed by atoms with Gasteiger partial charge in [0.1, 0.15) is 0 Å². The van der Waals surface area contributed by atoms with Crippen LogP contribution in [0.15, 0.2) is 29.2 Å².